The summed E-state index contributed by atoms with van der Waals surface area (Å²) in [5.74, 6) is 0.318. The van der Waals surface area contributed by atoms with E-state index in [-0.39, 0.29) is 0 Å². The van der Waals surface area contributed by atoms with Gasteiger partial charge in [-0.25, -0.2) is 4.79 Å². The number of aliphatic hydroxyl groups excluding tert-OH is 4. The summed E-state index contributed by atoms with van der Waals surface area (Å²) in [6, 6.07) is 6.03. The highest BCUT2D eigenvalue weighted by Gasteiger charge is 2.50. The van der Waals surface area contributed by atoms with Crippen LogP contribution in [-0.4, -0.2) is 74.6 Å². The van der Waals surface area contributed by atoms with Crippen LogP contribution in [0.1, 0.15) is 25.5 Å². The summed E-state index contributed by atoms with van der Waals surface area (Å²) in [4.78, 5) is 11.5. The molecule has 10 nitrogen and oxygen atoms in total. The molecule has 2 aliphatic rings. The molecule has 0 radical (unpaired) electrons. The maximum Gasteiger partial charge on any atom is 0.336 e. The Labute approximate surface area is 170 Å². The molecule has 0 bridgehead atoms. The van der Waals surface area contributed by atoms with Crippen LogP contribution in [0.25, 0.3) is 11.0 Å². The molecule has 0 unspecified atom stereocenters. The van der Waals surface area contributed by atoms with Crippen molar-refractivity contribution in [2.75, 3.05) is 6.61 Å². The molecule has 2 aromatic rings. The highest BCUT2D eigenvalue weighted by molar-refractivity contribution is 5.80. The van der Waals surface area contributed by atoms with Crippen molar-refractivity contribution in [3.63, 3.8) is 0 Å². The minimum absolute atomic E-state index is 0.296. The molecule has 2 aliphatic heterocycles. The summed E-state index contributed by atoms with van der Waals surface area (Å²) < 4.78 is 22.4. The molecule has 30 heavy (non-hydrogen) atoms. The zero-order chi connectivity index (χ0) is 21.8. The van der Waals surface area contributed by atoms with Crippen molar-refractivity contribution < 1.29 is 44.2 Å². The average molecular weight is 424 g/mol. The van der Waals surface area contributed by atoms with Crippen molar-refractivity contribution in [1.82, 2.24) is 0 Å². The van der Waals surface area contributed by atoms with E-state index in [0.717, 1.165) is 0 Å². The van der Waals surface area contributed by atoms with Gasteiger partial charge in [0, 0.05) is 23.1 Å². The van der Waals surface area contributed by atoms with Gasteiger partial charge in [0.15, 0.2) is 12.4 Å². The van der Waals surface area contributed by atoms with Gasteiger partial charge in [0.05, 0.1) is 12.2 Å². The van der Waals surface area contributed by atoms with Crippen molar-refractivity contribution >= 4 is 11.0 Å². The number of fused-ring (bicyclic) bond motifs is 2. The monoisotopic (exact) mass is 424 g/mol. The molecule has 0 saturated carbocycles. The van der Waals surface area contributed by atoms with E-state index in [0.29, 0.717) is 22.3 Å². The molecule has 0 amide bonds. The van der Waals surface area contributed by atoms with Crippen LogP contribution in [0.4, 0.5) is 0 Å². The maximum atomic E-state index is 11.5. The molecule has 1 saturated heterocycles. The predicted octanol–water partition coefficient (Wildman–Crippen LogP) is -0.818. The van der Waals surface area contributed by atoms with Crippen LogP contribution < -0.4 is 10.4 Å². The lowest BCUT2D eigenvalue weighted by molar-refractivity contribution is -0.319. The summed E-state index contributed by atoms with van der Waals surface area (Å²) in [7, 11) is 0. The fourth-order valence-electron chi connectivity index (χ4n) is 3.78. The highest BCUT2D eigenvalue weighted by Crippen LogP contribution is 2.45. The Kier molecular flexibility index (Phi) is 5.35. The van der Waals surface area contributed by atoms with Crippen molar-refractivity contribution in [3.8, 4) is 5.75 Å². The Bertz CT molecular complexity index is 978. The van der Waals surface area contributed by atoms with E-state index < -0.39 is 60.7 Å². The molecule has 1 aromatic carbocycles. The first-order valence-electron chi connectivity index (χ1n) is 9.53. The predicted molar refractivity (Wildman–Crippen MR) is 101 cm³/mol. The molecule has 164 valence electrons. The quantitative estimate of drug-likeness (QED) is 0.393. The van der Waals surface area contributed by atoms with Crippen LogP contribution in [0, 0.1) is 0 Å². The van der Waals surface area contributed by atoms with E-state index >= 15 is 0 Å². The van der Waals surface area contributed by atoms with Crippen molar-refractivity contribution in [3.05, 3.63) is 40.2 Å². The van der Waals surface area contributed by atoms with E-state index in [1.54, 1.807) is 12.1 Å². The van der Waals surface area contributed by atoms with Gasteiger partial charge in [-0.05, 0) is 26.0 Å². The van der Waals surface area contributed by atoms with Crippen molar-refractivity contribution in [2.24, 2.45) is 0 Å². The van der Waals surface area contributed by atoms with Crippen LogP contribution in [0.3, 0.4) is 0 Å². The summed E-state index contributed by atoms with van der Waals surface area (Å²) in [5, 5.41) is 50.9. The molecule has 0 aliphatic carbocycles. The van der Waals surface area contributed by atoms with E-state index in [4.69, 9.17) is 18.6 Å². The summed E-state index contributed by atoms with van der Waals surface area (Å²) in [6.07, 6.45) is -9.13. The number of ether oxygens (including phenoxy) is 3. The first kappa shape index (κ1) is 21.2. The fraction of sp³-hybridized carbons (Fsp3) is 0.550. The minimum atomic E-state index is -1.60. The third-order valence-corrected chi connectivity index (χ3v) is 5.41. The molecule has 7 atom stereocenters. The fourth-order valence-corrected chi connectivity index (χ4v) is 3.78. The molecule has 10 heteroatoms. The lowest BCUT2D eigenvalue weighted by Crippen LogP contribution is -2.59. The standard InChI is InChI=1S/C20H24O10/c1-20(2,26)18-17(30-19-16(25)15(24)14(23)12(7-21)29-19)9-5-8-3-4-13(22)27-10(8)6-11(9)28-18/h3-6,12,14-19,21,23-26H,7H2,1-2H3/t12-,14-,15+,16-,17+,18-,19-/m1/s1. The number of hydrogen-bond acceptors (Lipinski definition) is 10. The molecule has 4 rings (SSSR count). The van der Waals surface area contributed by atoms with E-state index in [1.165, 1.54) is 26.0 Å². The highest BCUT2D eigenvalue weighted by atomic mass is 16.7. The SMILES string of the molecule is CC(C)(O)[C@@H]1Oc2cc3oc(=O)ccc3cc2[C@@H]1O[C@H]1O[C@H](CO)[C@@H](O)[C@H](O)[C@H]1O. The lowest BCUT2D eigenvalue weighted by Gasteiger charge is -2.41. The van der Waals surface area contributed by atoms with Gasteiger partial charge in [-0.1, -0.05) is 0 Å². The second-order valence-electron chi connectivity index (χ2n) is 8.13. The smallest absolute Gasteiger partial charge is 0.336 e. The van der Waals surface area contributed by atoms with Crippen molar-refractivity contribution in [1.29, 1.82) is 0 Å². The zero-order valence-corrected chi connectivity index (χ0v) is 16.3. The second kappa shape index (κ2) is 7.57. The largest absolute Gasteiger partial charge is 0.484 e. The molecule has 1 fully saturated rings. The third kappa shape index (κ3) is 3.60. The maximum absolute atomic E-state index is 11.5. The van der Waals surface area contributed by atoms with Crippen LogP contribution in [-0.2, 0) is 9.47 Å². The Morgan fingerprint density at radius 2 is 1.83 bits per heavy atom. The average Bonchev–Trinajstić information content (AvgIpc) is 3.04. The van der Waals surface area contributed by atoms with Crippen LogP contribution in [0.15, 0.2) is 33.5 Å². The number of aliphatic hydroxyl groups is 5. The van der Waals surface area contributed by atoms with E-state index in [2.05, 4.69) is 0 Å². The van der Waals surface area contributed by atoms with E-state index in [1.807, 2.05) is 0 Å². The van der Waals surface area contributed by atoms with Gasteiger partial charge < -0.3 is 44.2 Å². The van der Waals surface area contributed by atoms with Gasteiger partial charge in [0.1, 0.15) is 41.9 Å². The Balaban J connectivity index is 1.72. The third-order valence-electron chi connectivity index (χ3n) is 5.41. The topological polar surface area (TPSA) is 159 Å². The second-order valence-corrected chi connectivity index (χ2v) is 8.13. The molecule has 0 spiro atoms. The summed E-state index contributed by atoms with van der Waals surface area (Å²) >= 11 is 0. The normalized spacial score (nSPS) is 34.0. The number of rotatable bonds is 4. The summed E-state index contributed by atoms with van der Waals surface area (Å²) in [6.45, 7) is 2.45. The first-order chi connectivity index (χ1) is 14.1. The van der Waals surface area contributed by atoms with Gasteiger partial charge in [-0.15, -0.1) is 0 Å². The molecule has 3 heterocycles. The van der Waals surface area contributed by atoms with Gasteiger partial charge in [-0.2, -0.15) is 0 Å². The van der Waals surface area contributed by atoms with Gasteiger partial charge in [-0.3, -0.25) is 0 Å². The lowest BCUT2D eigenvalue weighted by atomic mass is 9.93. The first-order valence-corrected chi connectivity index (χ1v) is 9.53. The summed E-state index contributed by atoms with van der Waals surface area (Å²) in [5.41, 5.74) is -1.09. The van der Waals surface area contributed by atoms with Crippen LogP contribution in [0.2, 0.25) is 0 Å². The van der Waals surface area contributed by atoms with Crippen LogP contribution >= 0.6 is 0 Å². The number of hydrogen-bond donors (Lipinski definition) is 5. The number of benzene rings is 1. The Morgan fingerprint density at radius 3 is 2.50 bits per heavy atom. The van der Waals surface area contributed by atoms with E-state index in [9.17, 15) is 30.3 Å². The Morgan fingerprint density at radius 1 is 1.10 bits per heavy atom. The van der Waals surface area contributed by atoms with Crippen LogP contribution in [0.5, 0.6) is 5.75 Å². The molecule has 5 N–H and O–H groups in total. The molecule has 1 aromatic heterocycles. The van der Waals surface area contributed by atoms with Gasteiger partial charge >= 0.3 is 5.63 Å². The van der Waals surface area contributed by atoms with Crippen molar-refractivity contribution in [2.45, 2.75) is 62.4 Å². The van der Waals surface area contributed by atoms with Gasteiger partial charge in [0.2, 0.25) is 0 Å². The molecular formula is C20H24O10. The zero-order valence-electron chi connectivity index (χ0n) is 16.3. The minimum Gasteiger partial charge on any atom is -0.484 e. The Hall–Kier alpha value is -2.05. The molecular weight excluding hydrogens is 400 g/mol. The van der Waals surface area contributed by atoms with Gasteiger partial charge in [0.25, 0.3) is 0 Å².